The first kappa shape index (κ1) is 13.6. The summed E-state index contributed by atoms with van der Waals surface area (Å²) in [5.74, 6) is 0. The highest BCUT2D eigenvalue weighted by Gasteiger charge is 2.18. The summed E-state index contributed by atoms with van der Waals surface area (Å²) in [5, 5.41) is 0. The smallest absolute Gasteiger partial charge is 0.161 e. The van der Waals surface area contributed by atoms with Gasteiger partial charge < -0.3 is 0 Å². The Morgan fingerprint density at radius 1 is 0.650 bits per heavy atom. The molecule has 0 radical (unpaired) electrons. The van der Waals surface area contributed by atoms with Crippen LogP contribution in [0.5, 0.6) is 0 Å². The molecule has 2 aromatic rings. The molecule has 2 nitrogen and oxygen atoms in total. The number of rotatable bonds is 3. The van der Waals surface area contributed by atoms with Crippen LogP contribution in [-0.4, -0.2) is 9.97 Å². The molecule has 2 heterocycles. The summed E-state index contributed by atoms with van der Waals surface area (Å²) in [6.07, 6.45) is 10.1. The van der Waals surface area contributed by atoms with Crippen molar-refractivity contribution in [2.24, 2.45) is 0 Å². The van der Waals surface area contributed by atoms with E-state index in [-0.39, 0.29) is 0 Å². The van der Waals surface area contributed by atoms with Crippen LogP contribution in [0.3, 0.4) is 0 Å². The van der Waals surface area contributed by atoms with Crippen LogP contribution in [0.25, 0.3) is 0 Å². The van der Waals surface area contributed by atoms with Crippen LogP contribution in [0.4, 0.5) is 0 Å². The van der Waals surface area contributed by atoms with Gasteiger partial charge in [-0.2, -0.15) is 0 Å². The summed E-state index contributed by atoms with van der Waals surface area (Å²) < 4.78 is 2.44. The van der Waals surface area contributed by atoms with E-state index in [9.17, 15) is 0 Å². The molecule has 0 saturated carbocycles. The monoisotopic (exact) mass is 340 g/mol. The number of nitrogens with zero attached hydrogens (tertiary/aromatic N) is 2. The number of thiazole rings is 2. The van der Waals surface area contributed by atoms with E-state index in [0.29, 0.717) is 0 Å². The third-order valence-electron chi connectivity index (χ3n) is 3.84. The third-order valence-corrected chi connectivity index (χ3v) is 9.12. The fraction of sp³-hybridized carbons (Fsp3) is 0.571. The van der Waals surface area contributed by atoms with Gasteiger partial charge in [0, 0.05) is 9.75 Å². The number of aromatic nitrogens is 2. The van der Waals surface area contributed by atoms with E-state index in [2.05, 4.69) is 0 Å². The van der Waals surface area contributed by atoms with Crippen molar-refractivity contribution in [2.45, 2.75) is 60.0 Å². The average Bonchev–Trinajstić information content (AvgIpc) is 3.07. The van der Waals surface area contributed by atoms with E-state index in [1.54, 1.807) is 21.6 Å². The normalized spacial score (nSPS) is 17.8. The van der Waals surface area contributed by atoms with Crippen molar-refractivity contribution in [3.8, 4) is 0 Å². The Balaban J connectivity index is 1.44. The average molecular weight is 341 g/mol. The minimum absolute atomic E-state index is 1.18. The molecule has 0 spiro atoms. The molecular formula is C14H16N2S4. The van der Waals surface area contributed by atoms with E-state index in [1.807, 2.05) is 22.7 Å². The summed E-state index contributed by atoms with van der Waals surface area (Å²) in [4.78, 5) is 12.6. The zero-order valence-corrected chi connectivity index (χ0v) is 14.5. The van der Waals surface area contributed by atoms with Gasteiger partial charge in [0.25, 0.3) is 0 Å². The Labute approximate surface area is 135 Å². The second-order valence-corrected chi connectivity index (χ2v) is 10.1. The first-order valence-electron chi connectivity index (χ1n) is 7.20. The molecular weight excluding hydrogens is 324 g/mol. The Morgan fingerprint density at radius 3 is 1.55 bits per heavy atom. The number of fused-ring (bicyclic) bond motifs is 2. The summed E-state index contributed by atoms with van der Waals surface area (Å²) in [6, 6.07) is 0. The van der Waals surface area contributed by atoms with Gasteiger partial charge in [0.1, 0.15) is 0 Å². The molecule has 0 N–H and O–H groups in total. The van der Waals surface area contributed by atoms with Crippen LogP contribution in [0, 0.1) is 0 Å². The summed E-state index contributed by atoms with van der Waals surface area (Å²) >= 11 is 3.79. The van der Waals surface area contributed by atoms with Gasteiger partial charge in [0.15, 0.2) is 8.68 Å². The van der Waals surface area contributed by atoms with Gasteiger partial charge in [-0.3, -0.25) is 0 Å². The first-order valence-corrected chi connectivity index (χ1v) is 11.0. The summed E-state index contributed by atoms with van der Waals surface area (Å²) in [6.45, 7) is 0. The lowest BCUT2D eigenvalue weighted by Crippen LogP contribution is -1.98. The maximum Gasteiger partial charge on any atom is 0.161 e. The predicted molar refractivity (Wildman–Crippen MR) is 89.2 cm³/mol. The molecule has 106 valence electrons. The third kappa shape index (κ3) is 2.80. The van der Waals surface area contributed by atoms with Crippen molar-refractivity contribution in [1.29, 1.82) is 0 Å². The maximum absolute atomic E-state index is 4.79. The molecule has 4 rings (SSSR count). The zero-order valence-electron chi connectivity index (χ0n) is 11.2. The summed E-state index contributed by atoms with van der Waals surface area (Å²) in [7, 11) is 3.60. The van der Waals surface area contributed by atoms with Gasteiger partial charge >= 0.3 is 0 Å². The number of aryl methyl sites for hydroxylation is 4. The molecule has 0 unspecified atom stereocenters. The Kier molecular flexibility index (Phi) is 4.07. The van der Waals surface area contributed by atoms with E-state index < -0.39 is 0 Å². The van der Waals surface area contributed by atoms with E-state index in [1.165, 1.54) is 81.2 Å². The van der Waals surface area contributed by atoms with Crippen LogP contribution in [0.2, 0.25) is 0 Å². The SMILES string of the molecule is C1CCc2sc(SSc3nc4c(s3)CCCC4)nc2C1. The van der Waals surface area contributed by atoms with Crippen molar-refractivity contribution < 1.29 is 0 Å². The fourth-order valence-electron chi connectivity index (χ4n) is 2.80. The van der Waals surface area contributed by atoms with Crippen LogP contribution < -0.4 is 0 Å². The van der Waals surface area contributed by atoms with Gasteiger partial charge in [0.2, 0.25) is 0 Å². The molecule has 0 atom stereocenters. The molecule has 6 heteroatoms. The molecule has 2 aliphatic carbocycles. The van der Waals surface area contributed by atoms with E-state index >= 15 is 0 Å². The predicted octanol–water partition coefficient (Wildman–Crippen LogP) is 5.16. The van der Waals surface area contributed by atoms with Crippen molar-refractivity contribution in [1.82, 2.24) is 9.97 Å². The van der Waals surface area contributed by atoms with Crippen molar-refractivity contribution in [3.63, 3.8) is 0 Å². The minimum Gasteiger partial charge on any atom is -0.234 e. The molecule has 0 bridgehead atoms. The minimum atomic E-state index is 1.18. The Morgan fingerprint density at radius 2 is 1.10 bits per heavy atom. The largest absolute Gasteiger partial charge is 0.234 e. The lowest BCUT2D eigenvalue weighted by atomic mass is 10.0. The number of hydrogen-bond donors (Lipinski definition) is 0. The second kappa shape index (κ2) is 5.99. The van der Waals surface area contributed by atoms with Crippen LogP contribution >= 0.6 is 44.3 Å². The maximum atomic E-state index is 4.79. The standard InChI is InChI=1S/C14H16N2S4/c1-3-7-11-9(5-1)15-13(17-11)19-20-14-16-10-6-2-4-8-12(10)18-14/h1-8H2. The molecule has 0 fully saturated rings. The van der Waals surface area contributed by atoms with Crippen molar-refractivity contribution >= 4 is 44.3 Å². The lowest BCUT2D eigenvalue weighted by Gasteiger charge is -2.06. The van der Waals surface area contributed by atoms with E-state index in [0.717, 1.165) is 0 Å². The molecule has 2 aliphatic rings. The summed E-state index contributed by atoms with van der Waals surface area (Å²) in [5.41, 5.74) is 2.73. The quantitative estimate of drug-likeness (QED) is 0.721. The van der Waals surface area contributed by atoms with Crippen molar-refractivity contribution in [3.05, 3.63) is 21.1 Å². The molecule has 0 aliphatic heterocycles. The highest BCUT2D eigenvalue weighted by molar-refractivity contribution is 8.77. The van der Waals surface area contributed by atoms with Gasteiger partial charge in [-0.15, -0.1) is 22.7 Å². The molecule has 2 aromatic heterocycles. The van der Waals surface area contributed by atoms with Crippen LogP contribution in [0.1, 0.15) is 46.8 Å². The zero-order chi connectivity index (χ0) is 13.4. The molecule has 0 saturated heterocycles. The Bertz CT molecular complexity index is 515. The lowest BCUT2D eigenvalue weighted by molar-refractivity contribution is 0.680. The fourth-order valence-corrected chi connectivity index (χ4v) is 7.75. The highest BCUT2D eigenvalue weighted by Crippen LogP contribution is 2.44. The van der Waals surface area contributed by atoms with Crippen LogP contribution in [-0.2, 0) is 25.7 Å². The molecule has 0 aromatic carbocycles. The topological polar surface area (TPSA) is 25.8 Å². The van der Waals surface area contributed by atoms with Crippen LogP contribution in [0.15, 0.2) is 8.68 Å². The van der Waals surface area contributed by atoms with Gasteiger partial charge in [-0.1, -0.05) is 0 Å². The van der Waals surface area contributed by atoms with Gasteiger partial charge in [0.05, 0.1) is 11.4 Å². The number of hydrogen-bond acceptors (Lipinski definition) is 6. The van der Waals surface area contributed by atoms with E-state index in [4.69, 9.17) is 9.97 Å². The second-order valence-electron chi connectivity index (χ2n) is 5.28. The first-order chi connectivity index (χ1) is 9.88. The molecule has 20 heavy (non-hydrogen) atoms. The Hall–Kier alpha value is -0.0400. The van der Waals surface area contributed by atoms with Crippen molar-refractivity contribution in [2.75, 3.05) is 0 Å². The van der Waals surface area contributed by atoms with Gasteiger partial charge in [-0.05, 0) is 73.0 Å². The van der Waals surface area contributed by atoms with Gasteiger partial charge in [-0.25, -0.2) is 9.97 Å². The highest BCUT2D eigenvalue weighted by atomic mass is 33.1. The molecule has 0 amide bonds.